The number of aryl methyl sites for hydroxylation is 2. The van der Waals surface area contributed by atoms with Crippen LogP contribution in [-0.4, -0.2) is 41.0 Å². The number of nitrogens with one attached hydrogen (secondary N) is 2. The zero-order valence-corrected chi connectivity index (χ0v) is 24.4. The van der Waals surface area contributed by atoms with E-state index in [0.717, 1.165) is 27.8 Å². The highest BCUT2D eigenvalue weighted by molar-refractivity contribution is 5.92. The van der Waals surface area contributed by atoms with Gasteiger partial charge in [-0.1, -0.05) is 84.4 Å². The van der Waals surface area contributed by atoms with Gasteiger partial charge >= 0.3 is 6.09 Å². The van der Waals surface area contributed by atoms with Crippen LogP contribution in [0.15, 0.2) is 78.9 Å². The smallest absolute Gasteiger partial charge is 0.408 e. The lowest BCUT2D eigenvalue weighted by atomic mass is 9.95. The number of carbonyl (C=O) groups is 3. The third-order valence-electron chi connectivity index (χ3n) is 6.49. The molecule has 3 aromatic carbocycles. The van der Waals surface area contributed by atoms with Crippen LogP contribution < -0.4 is 10.6 Å². The van der Waals surface area contributed by atoms with Crippen molar-refractivity contribution in [2.45, 2.75) is 72.2 Å². The Kier molecular flexibility index (Phi) is 10.5. The summed E-state index contributed by atoms with van der Waals surface area (Å²) >= 11 is 0. The number of benzene rings is 3. The van der Waals surface area contributed by atoms with Gasteiger partial charge in [-0.15, -0.1) is 0 Å². The molecule has 0 spiro atoms. The molecule has 0 aliphatic heterocycles. The van der Waals surface area contributed by atoms with E-state index in [0.29, 0.717) is 6.54 Å². The van der Waals surface area contributed by atoms with Crippen molar-refractivity contribution in [3.8, 4) is 0 Å². The van der Waals surface area contributed by atoms with Crippen LogP contribution in [0.1, 0.15) is 61.6 Å². The van der Waals surface area contributed by atoms with E-state index in [4.69, 9.17) is 4.74 Å². The molecule has 7 nitrogen and oxygen atoms in total. The first-order chi connectivity index (χ1) is 19.0. The zero-order valence-electron chi connectivity index (χ0n) is 24.4. The fourth-order valence-electron chi connectivity index (χ4n) is 4.55. The van der Waals surface area contributed by atoms with Crippen molar-refractivity contribution < 1.29 is 19.1 Å². The van der Waals surface area contributed by atoms with Gasteiger partial charge in [-0.05, 0) is 63.8 Å². The second-order valence-electron chi connectivity index (χ2n) is 11.0. The molecule has 0 heterocycles. The average Bonchev–Trinajstić information content (AvgIpc) is 2.91. The number of hydrogen-bond donors (Lipinski definition) is 2. The predicted molar refractivity (Wildman–Crippen MR) is 158 cm³/mol. The summed E-state index contributed by atoms with van der Waals surface area (Å²) in [6.07, 6.45) is -0.435. The molecule has 0 aliphatic rings. The van der Waals surface area contributed by atoms with Crippen LogP contribution in [0, 0.1) is 13.8 Å². The number of nitrogens with zero attached hydrogens (tertiary/aromatic N) is 1. The summed E-state index contributed by atoms with van der Waals surface area (Å²) in [5, 5.41) is 5.81. The molecule has 2 unspecified atom stereocenters. The monoisotopic (exact) mass is 543 g/mol. The van der Waals surface area contributed by atoms with E-state index in [9.17, 15) is 14.4 Å². The number of amides is 3. The summed E-state index contributed by atoms with van der Waals surface area (Å²) in [6.45, 7) is 11.6. The van der Waals surface area contributed by atoms with Crippen LogP contribution in [-0.2, 0) is 27.3 Å². The van der Waals surface area contributed by atoms with Gasteiger partial charge in [0.2, 0.25) is 11.8 Å². The Morgan fingerprint density at radius 3 is 2.05 bits per heavy atom. The normalized spacial score (nSPS) is 12.7. The Hall–Kier alpha value is -4.13. The SMILES string of the molecule is CCN(C(=O)C(Cc1ccccc1)NC(=O)OC(C)(C)C)C(C(=O)NCc1ccccc1)c1cc(C)ccc1C. The van der Waals surface area contributed by atoms with Gasteiger partial charge in [0.05, 0.1) is 0 Å². The molecule has 2 atom stereocenters. The fourth-order valence-corrected chi connectivity index (χ4v) is 4.55. The van der Waals surface area contributed by atoms with Gasteiger partial charge in [0.15, 0.2) is 0 Å². The molecular weight excluding hydrogens is 502 g/mol. The molecule has 2 N–H and O–H groups in total. The van der Waals surface area contributed by atoms with Crippen molar-refractivity contribution in [3.63, 3.8) is 0 Å². The van der Waals surface area contributed by atoms with Crippen LogP contribution in [0.4, 0.5) is 4.79 Å². The lowest BCUT2D eigenvalue weighted by molar-refractivity contribution is -0.142. The van der Waals surface area contributed by atoms with Crippen molar-refractivity contribution in [1.29, 1.82) is 0 Å². The van der Waals surface area contributed by atoms with Crippen LogP contribution in [0.3, 0.4) is 0 Å². The van der Waals surface area contributed by atoms with E-state index < -0.39 is 23.8 Å². The van der Waals surface area contributed by atoms with Crippen LogP contribution in [0.5, 0.6) is 0 Å². The number of ether oxygens (including phenoxy) is 1. The molecule has 0 bridgehead atoms. The van der Waals surface area contributed by atoms with Crippen LogP contribution >= 0.6 is 0 Å². The summed E-state index contributed by atoms with van der Waals surface area (Å²) in [6, 6.07) is 23.2. The Bertz CT molecular complexity index is 1290. The lowest BCUT2D eigenvalue weighted by Gasteiger charge is -2.34. The van der Waals surface area contributed by atoms with Gasteiger partial charge in [0.25, 0.3) is 0 Å². The molecule has 3 amide bonds. The third kappa shape index (κ3) is 8.70. The number of hydrogen-bond acceptors (Lipinski definition) is 4. The van der Waals surface area contributed by atoms with E-state index in [1.165, 1.54) is 0 Å². The molecule has 0 saturated carbocycles. The number of carbonyl (C=O) groups excluding carboxylic acids is 3. The van der Waals surface area contributed by atoms with E-state index in [2.05, 4.69) is 10.6 Å². The van der Waals surface area contributed by atoms with Gasteiger partial charge in [-0.2, -0.15) is 0 Å². The lowest BCUT2D eigenvalue weighted by Crippen LogP contribution is -2.53. The van der Waals surface area contributed by atoms with Gasteiger partial charge in [-0.3, -0.25) is 9.59 Å². The first-order valence-corrected chi connectivity index (χ1v) is 13.7. The number of rotatable bonds is 10. The summed E-state index contributed by atoms with van der Waals surface area (Å²) < 4.78 is 5.48. The van der Waals surface area contributed by atoms with Gasteiger partial charge in [0, 0.05) is 19.5 Å². The highest BCUT2D eigenvalue weighted by Gasteiger charge is 2.36. The van der Waals surface area contributed by atoms with Crippen molar-refractivity contribution in [1.82, 2.24) is 15.5 Å². The van der Waals surface area contributed by atoms with Gasteiger partial charge < -0.3 is 20.3 Å². The van der Waals surface area contributed by atoms with Gasteiger partial charge in [0.1, 0.15) is 17.7 Å². The van der Waals surface area contributed by atoms with E-state index in [1.807, 2.05) is 99.6 Å². The molecule has 7 heteroatoms. The van der Waals surface area contributed by atoms with Gasteiger partial charge in [-0.25, -0.2) is 4.79 Å². The van der Waals surface area contributed by atoms with E-state index in [1.54, 1.807) is 25.7 Å². The maximum Gasteiger partial charge on any atom is 0.408 e. The Balaban J connectivity index is 1.98. The summed E-state index contributed by atoms with van der Waals surface area (Å²) in [5.41, 5.74) is 3.74. The molecule has 212 valence electrons. The average molecular weight is 544 g/mol. The maximum atomic E-state index is 14.2. The minimum absolute atomic E-state index is 0.251. The fraction of sp³-hybridized carbons (Fsp3) is 0.364. The number of likely N-dealkylation sites (N-methyl/N-ethyl adjacent to an activating group) is 1. The quantitative estimate of drug-likeness (QED) is 0.346. The first-order valence-electron chi connectivity index (χ1n) is 13.7. The molecule has 3 aromatic rings. The second-order valence-corrected chi connectivity index (χ2v) is 11.0. The molecule has 0 fully saturated rings. The van der Waals surface area contributed by atoms with Crippen molar-refractivity contribution in [2.24, 2.45) is 0 Å². The third-order valence-corrected chi connectivity index (χ3v) is 6.49. The number of alkyl carbamates (subject to hydrolysis) is 1. The largest absolute Gasteiger partial charge is 0.444 e. The summed E-state index contributed by atoms with van der Waals surface area (Å²) in [4.78, 5) is 42.5. The summed E-state index contributed by atoms with van der Waals surface area (Å²) in [5.74, 6) is -0.651. The Morgan fingerprint density at radius 1 is 0.875 bits per heavy atom. The zero-order chi connectivity index (χ0) is 29.3. The minimum Gasteiger partial charge on any atom is -0.444 e. The molecular formula is C33H41N3O4. The Morgan fingerprint density at radius 2 is 1.48 bits per heavy atom. The van der Waals surface area contributed by atoms with Crippen molar-refractivity contribution in [3.05, 3.63) is 107 Å². The highest BCUT2D eigenvalue weighted by Crippen LogP contribution is 2.27. The minimum atomic E-state index is -0.938. The summed E-state index contributed by atoms with van der Waals surface area (Å²) in [7, 11) is 0. The molecule has 3 rings (SSSR count). The topological polar surface area (TPSA) is 87.7 Å². The predicted octanol–water partition coefficient (Wildman–Crippen LogP) is 5.65. The van der Waals surface area contributed by atoms with Crippen molar-refractivity contribution >= 4 is 17.9 Å². The van der Waals surface area contributed by atoms with Crippen molar-refractivity contribution in [2.75, 3.05) is 6.54 Å². The highest BCUT2D eigenvalue weighted by atomic mass is 16.6. The molecule has 0 aliphatic carbocycles. The Labute approximate surface area is 237 Å². The van der Waals surface area contributed by atoms with Crippen LogP contribution in [0.25, 0.3) is 0 Å². The van der Waals surface area contributed by atoms with Crippen LogP contribution in [0.2, 0.25) is 0 Å². The van der Waals surface area contributed by atoms with E-state index in [-0.39, 0.29) is 24.8 Å². The molecule has 0 saturated heterocycles. The standard InChI is InChI=1S/C33H41N3O4/c1-7-36(31(38)28(21-25-14-10-8-11-15-25)35-32(39)40-33(4,5)6)29(27-20-23(2)18-19-24(27)3)30(37)34-22-26-16-12-9-13-17-26/h8-20,28-29H,7,21-22H2,1-6H3,(H,34,37)(H,35,39). The maximum absolute atomic E-state index is 14.2. The second kappa shape index (κ2) is 13.8. The molecule has 0 aromatic heterocycles. The van der Waals surface area contributed by atoms with E-state index >= 15 is 0 Å². The first kappa shape index (κ1) is 30.4. The molecule has 0 radical (unpaired) electrons. The molecule has 40 heavy (non-hydrogen) atoms.